The van der Waals surface area contributed by atoms with Gasteiger partial charge in [-0.15, -0.1) is 0 Å². The monoisotopic (exact) mass is 271 g/mol. The van der Waals surface area contributed by atoms with Crippen LogP contribution in [0.5, 0.6) is 0 Å². The highest BCUT2D eigenvalue weighted by molar-refractivity contribution is 5.93. The first-order chi connectivity index (χ1) is 8.99. The lowest BCUT2D eigenvalue weighted by Crippen LogP contribution is -2.44. The number of carbonyl (C=O) groups is 1. The lowest BCUT2D eigenvalue weighted by atomic mass is 9.91. The molecule has 0 aromatic carbocycles. The predicted molar refractivity (Wildman–Crippen MR) is 67.3 cm³/mol. The quantitative estimate of drug-likeness (QED) is 0.571. The molecule has 0 spiro atoms. The molecule has 0 aromatic heterocycles. The highest BCUT2D eigenvalue weighted by Gasteiger charge is 2.33. The van der Waals surface area contributed by atoms with Crippen LogP contribution in [-0.4, -0.2) is 70.2 Å². The van der Waals surface area contributed by atoms with E-state index in [1.165, 1.54) is 6.08 Å². The first kappa shape index (κ1) is 14.5. The number of hydrogen-bond acceptors (Lipinski definition) is 5. The third-order valence-electron chi connectivity index (χ3n) is 3.56. The lowest BCUT2D eigenvalue weighted by molar-refractivity contribution is -0.129. The Morgan fingerprint density at radius 3 is 2.84 bits per heavy atom. The first-order valence-corrected chi connectivity index (χ1v) is 6.65. The van der Waals surface area contributed by atoms with Gasteiger partial charge in [-0.3, -0.25) is 4.79 Å². The van der Waals surface area contributed by atoms with Crippen molar-refractivity contribution >= 4 is 5.91 Å². The van der Waals surface area contributed by atoms with Crippen molar-refractivity contribution < 1.29 is 24.9 Å². The van der Waals surface area contributed by atoms with Gasteiger partial charge in [0.05, 0.1) is 12.2 Å². The fourth-order valence-electron chi connectivity index (χ4n) is 2.49. The molecule has 3 N–H and O–H groups in total. The molecule has 0 radical (unpaired) electrons. The van der Waals surface area contributed by atoms with Crippen LogP contribution in [0.2, 0.25) is 0 Å². The van der Waals surface area contributed by atoms with E-state index in [2.05, 4.69) is 0 Å². The fraction of sp³-hybridized carbons (Fsp3) is 0.769. The molecule has 4 atom stereocenters. The summed E-state index contributed by atoms with van der Waals surface area (Å²) in [7, 11) is 0. The molecule has 1 aliphatic carbocycles. The van der Waals surface area contributed by atoms with E-state index in [9.17, 15) is 20.1 Å². The maximum absolute atomic E-state index is 12.3. The first-order valence-electron chi connectivity index (χ1n) is 6.65. The second-order valence-corrected chi connectivity index (χ2v) is 5.23. The van der Waals surface area contributed by atoms with Crippen molar-refractivity contribution in [1.82, 2.24) is 4.90 Å². The van der Waals surface area contributed by atoms with Crippen LogP contribution >= 0.6 is 0 Å². The Kier molecular flexibility index (Phi) is 4.57. The number of nitrogens with zero attached hydrogens (tertiary/aromatic N) is 1. The van der Waals surface area contributed by atoms with Crippen LogP contribution in [0.15, 0.2) is 11.6 Å². The molecule has 1 unspecified atom stereocenters. The zero-order valence-electron chi connectivity index (χ0n) is 11.0. The average Bonchev–Trinajstić information content (AvgIpc) is 2.59. The molecule has 1 saturated heterocycles. The van der Waals surface area contributed by atoms with Gasteiger partial charge in [-0.1, -0.05) is 0 Å². The van der Waals surface area contributed by atoms with Crippen LogP contribution in [0.25, 0.3) is 0 Å². The molecular formula is C13H21NO5. The standard InChI is InChI=1S/C13H21NO5/c1-8-7-14(3-2-4-19-8)13(18)9-5-10(15)12(17)11(16)6-9/h5,8,10-12,15-17H,2-4,6-7H2,1H3/t8?,10-,11-,12-/m1/s1. The van der Waals surface area contributed by atoms with Crippen LogP contribution in [-0.2, 0) is 9.53 Å². The number of amides is 1. The van der Waals surface area contributed by atoms with Crippen molar-refractivity contribution in [2.24, 2.45) is 0 Å². The van der Waals surface area contributed by atoms with E-state index in [1.54, 1.807) is 4.90 Å². The van der Waals surface area contributed by atoms with Crippen LogP contribution in [0.1, 0.15) is 19.8 Å². The summed E-state index contributed by atoms with van der Waals surface area (Å²) in [5.41, 5.74) is 0.361. The molecule has 0 saturated carbocycles. The molecule has 0 aromatic rings. The van der Waals surface area contributed by atoms with Crippen LogP contribution < -0.4 is 0 Å². The van der Waals surface area contributed by atoms with E-state index in [4.69, 9.17) is 4.74 Å². The van der Waals surface area contributed by atoms with E-state index < -0.39 is 18.3 Å². The summed E-state index contributed by atoms with van der Waals surface area (Å²) in [4.78, 5) is 14.0. The van der Waals surface area contributed by atoms with Gasteiger partial charge in [0.2, 0.25) is 5.91 Å². The van der Waals surface area contributed by atoms with E-state index >= 15 is 0 Å². The minimum Gasteiger partial charge on any atom is -0.390 e. The summed E-state index contributed by atoms with van der Waals surface area (Å²) in [5, 5.41) is 28.7. The summed E-state index contributed by atoms with van der Waals surface area (Å²) in [6.07, 6.45) is -1.34. The van der Waals surface area contributed by atoms with Gasteiger partial charge in [-0.05, 0) is 19.4 Å². The third kappa shape index (κ3) is 3.33. The maximum Gasteiger partial charge on any atom is 0.249 e. The molecule has 6 heteroatoms. The van der Waals surface area contributed by atoms with Crippen LogP contribution in [0, 0.1) is 0 Å². The topological polar surface area (TPSA) is 90.2 Å². The average molecular weight is 271 g/mol. The number of hydrogen-bond donors (Lipinski definition) is 3. The molecule has 19 heavy (non-hydrogen) atoms. The van der Waals surface area contributed by atoms with Gasteiger partial charge in [0.25, 0.3) is 0 Å². The number of ether oxygens (including phenoxy) is 1. The Hall–Kier alpha value is -0.950. The Balaban J connectivity index is 2.08. The predicted octanol–water partition coefficient (Wildman–Crippen LogP) is -0.963. The highest BCUT2D eigenvalue weighted by Crippen LogP contribution is 2.22. The van der Waals surface area contributed by atoms with Gasteiger partial charge >= 0.3 is 0 Å². The second-order valence-electron chi connectivity index (χ2n) is 5.23. The number of carbonyl (C=O) groups excluding carboxylic acids is 1. The summed E-state index contributed by atoms with van der Waals surface area (Å²) >= 11 is 0. The summed E-state index contributed by atoms with van der Waals surface area (Å²) in [6.45, 7) is 3.66. The zero-order chi connectivity index (χ0) is 14.0. The summed E-state index contributed by atoms with van der Waals surface area (Å²) in [6, 6.07) is 0. The molecule has 1 fully saturated rings. The van der Waals surface area contributed by atoms with Gasteiger partial charge < -0.3 is 25.0 Å². The number of aliphatic hydroxyl groups excluding tert-OH is 3. The Bertz CT molecular complexity index is 370. The minimum absolute atomic E-state index is 0.0175. The van der Waals surface area contributed by atoms with E-state index in [-0.39, 0.29) is 18.4 Å². The van der Waals surface area contributed by atoms with Crippen molar-refractivity contribution in [3.8, 4) is 0 Å². The largest absolute Gasteiger partial charge is 0.390 e. The Labute approximate surface area is 112 Å². The second kappa shape index (κ2) is 6.00. The van der Waals surface area contributed by atoms with Crippen LogP contribution in [0.4, 0.5) is 0 Å². The Morgan fingerprint density at radius 1 is 1.42 bits per heavy atom. The minimum atomic E-state index is -1.22. The molecule has 1 amide bonds. The van der Waals surface area contributed by atoms with Gasteiger partial charge in [-0.25, -0.2) is 0 Å². The van der Waals surface area contributed by atoms with Gasteiger partial charge in [0.1, 0.15) is 12.2 Å². The number of aliphatic hydroxyl groups is 3. The lowest BCUT2D eigenvalue weighted by Gasteiger charge is -2.30. The summed E-state index contributed by atoms with van der Waals surface area (Å²) < 4.78 is 5.48. The van der Waals surface area contributed by atoms with Crippen LogP contribution in [0.3, 0.4) is 0 Å². The SMILES string of the molecule is CC1CN(C(=O)C2=C[C@@H](O)[C@@H](O)[C@H](O)C2)CCCO1. The van der Waals surface area contributed by atoms with Crippen molar-refractivity contribution in [2.45, 2.75) is 44.2 Å². The smallest absolute Gasteiger partial charge is 0.249 e. The molecule has 1 aliphatic heterocycles. The molecule has 0 bridgehead atoms. The molecule has 2 rings (SSSR count). The molecule has 2 aliphatic rings. The van der Waals surface area contributed by atoms with Gasteiger partial charge in [0.15, 0.2) is 0 Å². The number of rotatable bonds is 1. The highest BCUT2D eigenvalue weighted by atomic mass is 16.5. The maximum atomic E-state index is 12.3. The molecular weight excluding hydrogens is 250 g/mol. The Morgan fingerprint density at radius 2 is 2.16 bits per heavy atom. The van der Waals surface area contributed by atoms with Gasteiger partial charge in [-0.2, -0.15) is 0 Å². The van der Waals surface area contributed by atoms with Gasteiger partial charge in [0, 0.05) is 31.7 Å². The molecule has 1 heterocycles. The van der Waals surface area contributed by atoms with E-state index in [0.717, 1.165) is 6.42 Å². The molecule has 108 valence electrons. The summed E-state index contributed by atoms with van der Waals surface area (Å²) in [5.74, 6) is -0.192. The zero-order valence-corrected chi connectivity index (χ0v) is 11.0. The fourth-order valence-corrected chi connectivity index (χ4v) is 2.49. The van der Waals surface area contributed by atoms with E-state index in [1.807, 2.05) is 6.92 Å². The normalized spacial score (nSPS) is 36.6. The van der Waals surface area contributed by atoms with Crippen molar-refractivity contribution in [2.75, 3.05) is 19.7 Å². The van der Waals surface area contributed by atoms with Crippen molar-refractivity contribution in [1.29, 1.82) is 0 Å². The third-order valence-corrected chi connectivity index (χ3v) is 3.56. The molecule has 6 nitrogen and oxygen atoms in total. The van der Waals surface area contributed by atoms with E-state index in [0.29, 0.717) is 25.3 Å². The van der Waals surface area contributed by atoms with Crippen molar-refractivity contribution in [3.05, 3.63) is 11.6 Å². The van der Waals surface area contributed by atoms with Crippen molar-refractivity contribution in [3.63, 3.8) is 0 Å².